The first kappa shape index (κ1) is 22.9. The molecule has 166 valence electrons. The van der Waals surface area contributed by atoms with E-state index >= 15 is 0 Å². The molecule has 0 unspecified atom stereocenters. The number of rotatable bonds is 9. The Morgan fingerprint density at radius 2 is 1.94 bits per heavy atom. The van der Waals surface area contributed by atoms with Crippen LogP contribution in [0.4, 0.5) is 0 Å². The number of carbonyl (C=O) groups excluding carboxylic acids is 2. The van der Waals surface area contributed by atoms with Crippen molar-refractivity contribution in [1.29, 1.82) is 0 Å². The van der Waals surface area contributed by atoms with Crippen molar-refractivity contribution in [3.05, 3.63) is 72.7 Å². The van der Waals surface area contributed by atoms with E-state index in [2.05, 4.69) is 4.98 Å². The number of methoxy groups -OCH3 is 1. The number of nitrogens with zero attached hydrogens (tertiary/aromatic N) is 4. The molecule has 0 atom stereocenters. The van der Waals surface area contributed by atoms with Crippen LogP contribution in [0.25, 0.3) is 23.0 Å². The summed E-state index contributed by atoms with van der Waals surface area (Å²) < 4.78 is 6.50. The molecule has 0 aliphatic carbocycles. The third-order valence-electron chi connectivity index (χ3n) is 4.81. The highest BCUT2D eigenvalue weighted by Crippen LogP contribution is 2.24. The predicted octanol–water partition coefficient (Wildman–Crippen LogP) is 4.00. The molecular formula is C25H28N4O3. The predicted molar refractivity (Wildman–Crippen MR) is 124 cm³/mol. The summed E-state index contributed by atoms with van der Waals surface area (Å²) in [6, 6.07) is 13.6. The first-order valence-electron chi connectivity index (χ1n) is 10.6. The summed E-state index contributed by atoms with van der Waals surface area (Å²) in [5.74, 6) is -0.220. The molecular weight excluding hydrogens is 404 g/mol. The Labute approximate surface area is 188 Å². The number of ether oxygens (including phenoxy) is 1. The summed E-state index contributed by atoms with van der Waals surface area (Å²) in [7, 11) is 1.35. The summed E-state index contributed by atoms with van der Waals surface area (Å²) in [6.45, 7) is 4.94. The van der Waals surface area contributed by atoms with Gasteiger partial charge in [0, 0.05) is 48.9 Å². The van der Waals surface area contributed by atoms with Crippen LogP contribution in [0.5, 0.6) is 0 Å². The van der Waals surface area contributed by atoms with E-state index in [-0.39, 0.29) is 24.2 Å². The lowest BCUT2D eigenvalue weighted by atomic mass is 10.1. The topological polar surface area (TPSA) is 77.3 Å². The Kier molecular flexibility index (Phi) is 7.91. The summed E-state index contributed by atoms with van der Waals surface area (Å²) >= 11 is 0. The van der Waals surface area contributed by atoms with E-state index in [0.717, 1.165) is 22.5 Å². The molecule has 1 aromatic carbocycles. The van der Waals surface area contributed by atoms with Gasteiger partial charge < -0.3 is 9.64 Å². The molecule has 0 radical (unpaired) electrons. The Hall–Kier alpha value is -3.74. The van der Waals surface area contributed by atoms with Gasteiger partial charge in [0.2, 0.25) is 5.91 Å². The third-order valence-corrected chi connectivity index (χ3v) is 4.81. The second-order valence-corrected chi connectivity index (χ2v) is 7.79. The molecule has 0 aliphatic heterocycles. The monoisotopic (exact) mass is 432 g/mol. The van der Waals surface area contributed by atoms with Gasteiger partial charge in [0.1, 0.15) is 5.69 Å². The van der Waals surface area contributed by atoms with Crippen LogP contribution in [0.15, 0.2) is 67.1 Å². The van der Waals surface area contributed by atoms with Crippen molar-refractivity contribution in [3.8, 4) is 16.9 Å². The molecule has 0 bridgehead atoms. The van der Waals surface area contributed by atoms with E-state index in [9.17, 15) is 9.59 Å². The van der Waals surface area contributed by atoms with E-state index in [1.54, 1.807) is 28.1 Å². The third kappa shape index (κ3) is 6.14. The summed E-state index contributed by atoms with van der Waals surface area (Å²) in [5, 5.41) is 4.73. The molecule has 1 amide bonds. The summed E-state index contributed by atoms with van der Waals surface area (Å²) in [5.41, 5.74) is 3.31. The van der Waals surface area contributed by atoms with Crippen LogP contribution in [0.3, 0.4) is 0 Å². The highest BCUT2D eigenvalue weighted by Gasteiger charge is 2.16. The average molecular weight is 433 g/mol. The van der Waals surface area contributed by atoms with E-state index in [1.807, 2.05) is 62.5 Å². The number of aromatic nitrogens is 3. The van der Waals surface area contributed by atoms with Gasteiger partial charge in [0.15, 0.2) is 0 Å². The minimum absolute atomic E-state index is 0.160. The van der Waals surface area contributed by atoms with E-state index < -0.39 is 0 Å². The molecule has 7 heteroatoms. The molecule has 2 aromatic heterocycles. The zero-order valence-electron chi connectivity index (χ0n) is 18.6. The highest BCUT2D eigenvalue weighted by molar-refractivity contribution is 5.93. The van der Waals surface area contributed by atoms with Gasteiger partial charge in [-0.1, -0.05) is 32.0 Å². The molecule has 2 heterocycles. The first-order valence-corrected chi connectivity index (χ1v) is 10.6. The average Bonchev–Trinajstić information content (AvgIpc) is 3.25. The number of benzene rings is 1. The lowest BCUT2D eigenvalue weighted by Crippen LogP contribution is -2.34. The molecule has 3 rings (SSSR count). The van der Waals surface area contributed by atoms with Gasteiger partial charge in [-0.05, 0) is 36.3 Å². The van der Waals surface area contributed by atoms with Crippen molar-refractivity contribution in [2.24, 2.45) is 5.92 Å². The zero-order valence-corrected chi connectivity index (χ0v) is 18.6. The Morgan fingerprint density at radius 3 is 2.59 bits per heavy atom. The van der Waals surface area contributed by atoms with Gasteiger partial charge >= 0.3 is 5.97 Å². The maximum absolute atomic E-state index is 12.9. The number of pyridine rings is 1. The van der Waals surface area contributed by atoms with Gasteiger partial charge in [0.25, 0.3) is 0 Å². The Morgan fingerprint density at radius 1 is 1.16 bits per heavy atom. The molecule has 7 nitrogen and oxygen atoms in total. The van der Waals surface area contributed by atoms with Crippen molar-refractivity contribution in [2.75, 3.05) is 20.2 Å². The van der Waals surface area contributed by atoms with E-state index in [1.165, 1.54) is 13.2 Å². The number of para-hydroxylation sites is 1. The first-order chi connectivity index (χ1) is 15.5. The number of amides is 1. The van der Waals surface area contributed by atoms with Crippen molar-refractivity contribution in [1.82, 2.24) is 19.7 Å². The molecule has 0 N–H and O–H groups in total. The molecule has 32 heavy (non-hydrogen) atoms. The molecule has 0 fully saturated rings. The maximum atomic E-state index is 12.9. The van der Waals surface area contributed by atoms with Crippen molar-refractivity contribution < 1.29 is 14.3 Å². The second-order valence-electron chi connectivity index (χ2n) is 7.79. The fraction of sp³-hybridized carbons (Fsp3) is 0.280. The number of esters is 1. The SMILES string of the molecule is COC(=O)CCN(CC(C)C)C(=O)C=Cc1cn(-c2ccccc2)nc1-c1cccnc1. The van der Waals surface area contributed by atoms with Crippen molar-refractivity contribution in [2.45, 2.75) is 20.3 Å². The summed E-state index contributed by atoms with van der Waals surface area (Å²) in [4.78, 5) is 30.3. The van der Waals surface area contributed by atoms with Gasteiger partial charge in [-0.15, -0.1) is 0 Å². The van der Waals surface area contributed by atoms with Gasteiger partial charge in [-0.3, -0.25) is 14.6 Å². The van der Waals surface area contributed by atoms with Crippen LogP contribution in [0.1, 0.15) is 25.8 Å². The van der Waals surface area contributed by atoms with Crippen molar-refractivity contribution in [3.63, 3.8) is 0 Å². The smallest absolute Gasteiger partial charge is 0.307 e. The largest absolute Gasteiger partial charge is 0.469 e. The molecule has 0 aliphatic rings. The van der Waals surface area contributed by atoms with Gasteiger partial charge in [0.05, 0.1) is 19.2 Å². The lowest BCUT2D eigenvalue weighted by Gasteiger charge is -2.22. The molecule has 0 spiro atoms. The molecule has 0 saturated carbocycles. The Bertz CT molecular complexity index is 1060. The minimum Gasteiger partial charge on any atom is -0.469 e. The molecule has 3 aromatic rings. The highest BCUT2D eigenvalue weighted by atomic mass is 16.5. The number of carbonyl (C=O) groups is 2. The lowest BCUT2D eigenvalue weighted by molar-refractivity contribution is -0.141. The summed E-state index contributed by atoms with van der Waals surface area (Å²) in [6.07, 6.45) is 8.81. The van der Waals surface area contributed by atoms with Gasteiger partial charge in [-0.25, -0.2) is 4.68 Å². The zero-order chi connectivity index (χ0) is 22.9. The quantitative estimate of drug-likeness (QED) is 0.377. The van der Waals surface area contributed by atoms with Crippen LogP contribution in [0.2, 0.25) is 0 Å². The standard InChI is InChI=1S/C25H28N4O3/c1-19(2)17-28(15-13-24(31)32-3)23(30)12-11-21-18-29(22-9-5-4-6-10-22)27-25(21)20-8-7-14-26-16-20/h4-12,14,16,18-19H,13,15,17H2,1-3H3. The van der Waals surface area contributed by atoms with Crippen LogP contribution >= 0.6 is 0 Å². The fourth-order valence-corrected chi connectivity index (χ4v) is 3.28. The normalized spacial score (nSPS) is 11.1. The van der Waals surface area contributed by atoms with Crippen LogP contribution < -0.4 is 0 Å². The second kappa shape index (κ2) is 11.0. The van der Waals surface area contributed by atoms with Crippen LogP contribution in [-0.4, -0.2) is 51.7 Å². The minimum atomic E-state index is -0.335. The van der Waals surface area contributed by atoms with Gasteiger partial charge in [-0.2, -0.15) is 5.10 Å². The van der Waals surface area contributed by atoms with E-state index in [0.29, 0.717) is 13.1 Å². The van der Waals surface area contributed by atoms with Crippen LogP contribution in [0, 0.1) is 5.92 Å². The number of hydrogen-bond donors (Lipinski definition) is 0. The van der Waals surface area contributed by atoms with E-state index in [4.69, 9.17) is 9.84 Å². The van der Waals surface area contributed by atoms with Crippen LogP contribution in [-0.2, 0) is 14.3 Å². The maximum Gasteiger partial charge on any atom is 0.307 e. The molecule has 0 saturated heterocycles. The van der Waals surface area contributed by atoms with Crippen molar-refractivity contribution >= 4 is 18.0 Å². The Balaban J connectivity index is 1.89. The number of hydrogen-bond acceptors (Lipinski definition) is 5. The fourth-order valence-electron chi connectivity index (χ4n) is 3.28.